The number of nitrogens with zero attached hydrogens (tertiary/aromatic N) is 2. The van der Waals surface area contributed by atoms with Crippen molar-refractivity contribution < 1.29 is 101 Å². The minimum Gasteiger partial charge on any atom is -0.358 e. The second kappa shape index (κ2) is 23.3. The predicted molar refractivity (Wildman–Crippen MR) is 197 cm³/mol. The second-order valence-electron chi connectivity index (χ2n) is 11.1. The Bertz CT molecular complexity index is 1600. The minimum atomic E-state index is -4.66. The molecule has 16 heteroatoms. The van der Waals surface area contributed by atoms with Gasteiger partial charge in [0.15, 0.2) is 0 Å². The van der Waals surface area contributed by atoms with Gasteiger partial charge in [-0.2, -0.15) is 0 Å². The first kappa shape index (κ1) is 52.8. The van der Waals surface area contributed by atoms with E-state index in [2.05, 4.69) is 36.6 Å². The fourth-order valence-electron chi connectivity index (χ4n) is 4.59. The summed E-state index contributed by atoms with van der Waals surface area (Å²) in [7, 11) is -9.31. The summed E-state index contributed by atoms with van der Waals surface area (Å²) in [6, 6.07) is 45.5. The van der Waals surface area contributed by atoms with Gasteiger partial charge in [0.2, 0.25) is 0 Å². The molecule has 0 N–H and O–H groups in total. The molecule has 0 aliphatic heterocycles. The van der Waals surface area contributed by atoms with Gasteiger partial charge < -0.3 is 7.43 Å². The van der Waals surface area contributed by atoms with E-state index in [1.54, 1.807) is 146 Å². The molecule has 55 heavy (non-hydrogen) atoms. The number of benzene rings is 4. The van der Waals surface area contributed by atoms with Crippen molar-refractivity contribution in [2.45, 2.75) is 0 Å². The molecular formula is C39H41Au2Cl2N2O8P2-2. The Labute approximate surface area is 360 Å². The molecule has 0 aliphatic carbocycles. The molecule has 0 saturated heterocycles. The van der Waals surface area contributed by atoms with Crippen molar-refractivity contribution in [3.63, 3.8) is 0 Å². The van der Waals surface area contributed by atoms with Crippen LogP contribution in [0, 0.1) is 54.6 Å². The van der Waals surface area contributed by atoms with Gasteiger partial charge in [-0.25, -0.2) is 0 Å². The number of rotatable bonds is 8. The number of halogens is 2. The fraction of sp³-hybridized carbons (Fsp3) is 0. The molecule has 10 nitrogen and oxygen atoms in total. The molecule has 6 rings (SSSR count). The molecule has 0 fully saturated rings. The molecule has 303 valence electrons. The molecule has 4 aromatic carbocycles. The topological polar surface area (TPSA) is 183 Å². The van der Waals surface area contributed by atoms with Crippen molar-refractivity contribution in [1.29, 1.82) is 0 Å². The van der Waals surface area contributed by atoms with Crippen molar-refractivity contribution in [3.8, 4) is 0 Å². The van der Waals surface area contributed by atoms with Gasteiger partial charge in [0, 0.05) is 47.2 Å². The Morgan fingerprint density at radius 3 is 0.691 bits per heavy atom. The molecule has 1 radical (unpaired) electrons. The molecule has 0 unspecified atom stereocenters. The Morgan fingerprint density at radius 2 is 0.564 bits per heavy atom. The normalized spacial score (nSPS) is 12.3. The maximum atomic E-state index is 11.1. The summed E-state index contributed by atoms with van der Waals surface area (Å²) < 4.78 is 76.6. The Morgan fingerprint density at radius 1 is 0.382 bits per heavy atom. The first-order valence-corrected chi connectivity index (χ1v) is 22.6. The number of hydrogen-bond donors (Lipinski definition) is 0. The smallest absolute Gasteiger partial charge is 0.0267 e. The molecule has 0 saturated carbocycles. The van der Waals surface area contributed by atoms with E-state index in [-0.39, 0.29) is 52.2 Å². The molecule has 0 aliphatic rings. The standard InChI is InChI=1S/2C14H14ClO4P.2C5H5N.CH3.2Au/c2*1-20(2,19-15(16,17)18,13-9-5-3-6-10-13)14-11-7-4-8-12-14;2*1-2-4-6-5-3-1;;;/h2*3-12H,1-2H2;2*1-5H;1H3;;/q2*-2;;;-1;;+3. The van der Waals surface area contributed by atoms with E-state index >= 15 is 0 Å². The van der Waals surface area contributed by atoms with E-state index in [4.69, 9.17) is 8.15 Å². The summed E-state index contributed by atoms with van der Waals surface area (Å²) in [5.41, 5.74) is 0. The fourth-order valence-corrected chi connectivity index (χ4v) is 13.2. The zero-order valence-electron chi connectivity index (χ0n) is 29.6. The molecule has 6 aromatic rings. The Balaban J connectivity index is 0.000000780. The third-order valence-electron chi connectivity index (χ3n) is 7.06. The van der Waals surface area contributed by atoms with Crippen LogP contribution in [-0.4, -0.2) is 9.97 Å². The minimum absolute atomic E-state index is 0. The van der Waals surface area contributed by atoms with Gasteiger partial charge in [-0.3, -0.25) is 9.97 Å². The van der Waals surface area contributed by atoms with E-state index in [1.807, 2.05) is 36.4 Å². The van der Waals surface area contributed by atoms with Crippen molar-refractivity contribution in [1.82, 2.24) is 9.97 Å². The Hall–Kier alpha value is -2.22. The number of aromatic nitrogens is 2. The number of hydrogen-bond acceptors (Lipinski definition) is 10. The van der Waals surface area contributed by atoms with Gasteiger partial charge in [-0.1, -0.05) is 12.1 Å². The van der Waals surface area contributed by atoms with E-state index in [9.17, 15) is 28.0 Å². The van der Waals surface area contributed by atoms with E-state index in [0.29, 0.717) is 21.2 Å². The summed E-state index contributed by atoms with van der Waals surface area (Å²) in [5.74, 6) is 0. The molecule has 0 spiro atoms. The summed E-state index contributed by atoms with van der Waals surface area (Å²) in [6.07, 6.45) is 7.00. The quantitative estimate of drug-likeness (QED) is 0.124. The van der Waals surface area contributed by atoms with Crippen molar-refractivity contribution in [3.05, 3.63) is 217 Å². The zero-order chi connectivity index (χ0) is 38.2. The summed E-state index contributed by atoms with van der Waals surface area (Å²) in [5, 5.41) is 1.93. The van der Waals surface area contributed by atoms with Crippen LogP contribution in [0.4, 0.5) is 0 Å². The molecule has 0 bridgehead atoms. The van der Waals surface area contributed by atoms with Gasteiger partial charge in [0.1, 0.15) is 0 Å². The van der Waals surface area contributed by atoms with E-state index < -0.39 is 34.1 Å². The van der Waals surface area contributed by atoms with Crippen LogP contribution in [0.15, 0.2) is 183 Å². The largest absolute Gasteiger partial charge is 0.358 e. The van der Waals surface area contributed by atoms with Crippen LogP contribution in [0.2, 0.25) is 0 Å². The SMILES string of the molecule is [Au+3].[Au].[CH2-]P([CH2-])(O[Cl+3]([O-])([O-])[O-])(c1ccccc1)c1ccccc1.[CH2-]P([CH2-])(O[Cl+3]([O-])([O-])[O-])(c1ccccc1)c1ccccc1.[CH3-].c1ccncc1.c1ccncc1. The monoisotopic (exact) mass is 1190 g/mol. The third kappa shape index (κ3) is 16.7. The van der Waals surface area contributed by atoms with Crippen LogP contribution in [0.5, 0.6) is 0 Å². The van der Waals surface area contributed by atoms with Crippen molar-refractivity contribution in [2.75, 3.05) is 0 Å². The maximum absolute atomic E-state index is 11.1. The molecule has 0 atom stereocenters. The zero-order valence-corrected chi connectivity index (χ0v) is 37.2. The van der Waals surface area contributed by atoms with Crippen molar-refractivity contribution >= 4 is 34.9 Å². The van der Waals surface area contributed by atoms with Gasteiger partial charge in [0.25, 0.3) is 0 Å². The molecule has 2 aromatic heterocycles. The third-order valence-corrected chi connectivity index (χ3v) is 17.1. The first-order chi connectivity index (χ1) is 24.4. The average Bonchev–Trinajstić information content (AvgIpc) is 3.14. The van der Waals surface area contributed by atoms with Crippen LogP contribution in [0.25, 0.3) is 0 Å². The predicted octanol–water partition coefficient (Wildman–Crippen LogP) is 1.81. The summed E-state index contributed by atoms with van der Waals surface area (Å²) in [4.78, 5) is 7.57. The van der Waals surface area contributed by atoms with Gasteiger partial charge in [-0.05, 0) is 24.3 Å². The summed E-state index contributed by atoms with van der Waals surface area (Å²) in [6.45, 7) is 7.67. The van der Waals surface area contributed by atoms with Gasteiger partial charge >= 0.3 is 262 Å². The van der Waals surface area contributed by atoms with E-state index in [0.717, 1.165) is 0 Å². The second-order valence-corrected chi connectivity index (χ2v) is 21.4. The maximum Gasteiger partial charge on any atom is 0.0267 e. The van der Waals surface area contributed by atoms with Gasteiger partial charge in [-0.15, -0.1) is 0 Å². The summed E-state index contributed by atoms with van der Waals surface area (Å²) >= 11 is 0. The average molecular weight is 1190 g/mol. The van der Waals surface area contributed by atoms with Crippen LogP contribution in [0.3, 0.4) is 0 Å². The van der Waals surface area contributed by atoms with Crippen LogP contribution < -0.4 is 49.2 Å². The van der Waals surface area contributed by atoms with Crippen molar-refractivity contribution in [2.24, 2.45) is 0 Å². The van der Waals surface area contributed by atoms with Crippen LogP contribution >= 0.6 is 13.7 Å². The molecular weight excluding hydrogens is 1150 g/mol. The Kier molecular flexibility index (Phi) is 22.3. The first-order valence-electron chi connectivity index (χ1n) is 15.1. The number of pyridine rings is 2. The van der Waals surface area contributed by atoms with Gasteiger partial charge in [0.05, 0.1) is 0 Å². The van der Waals surface area contributed by atoms with E-state index in [1.165, 1.54) is 0 Å². The molecule has 2 heterocycles. The van der Waals surface area contributed by atoms with Crippen LogP contribution in [0.1, 0.15) is 0 Å². The van der Waals surface area contributed by atoms with Crippen LogP contribution in [-0.2, 0) is 52.9 Å². The molecule has 0 amide bonds.